The van der Waals surface area contributed by atoms with E-state index in [1.54, 1.807) is 32.0 Å². The number of aliphatic hydroxyl groups excluding tert-OH is 1. The first-order chi connectivity index (χ1) is 18.3. The number of hydrogen-bond donors (Lipinski definition) is 3. The summed E-state index contributed by atoms with van der Waals surface area (Å²) >= 11 is 6.34. The fourth-order valence-corrected chi connectivity index (χ4v) is 4.39. The number of methoxy groups -OCH3 is 2. The van der Waals surface area contributed by atoms with Crippen LogP contribution in [0.1, 0.15) is 25.3 Å². The topological polar surface area (TPSA) is 115 Å². The van der Waals surface area contributed by atoms with Gasteiger partial charge in [-0.3, -0.25) is 0 Å². The molecule has 38 heavy (non-hydrogen) atoms. The van der Waals surface area contributed by atoms with Crippen LogP contribution in [-0.2, 0) is 19.1 Å². The second kappa shape index (κ2) is 13.9. The summed E-state index contributed by atoms with van der Waals surface area (Å²) in [6, 6.07) is 14.3. The molecule has 0 saturated carbocycles. The number of rotatable bonds is 12. The minimum absolute atomic E-state index is 0.152. The van der Waals surface area contributed by atoms with Crippen LogP contribution in [0.3, 0.4) is 0 Å². The minimum Gasteiger partial charge on any atom is -0.492 e. The van der Waals surface area contributed by atoms with Crippen molar-refractivity contribution in [3.8, 4) is 11.5 Å². The number of halogens is 1. The lowest BCUT2D eigenvalue weighted by Gasteiger charge is -2.31. The maximum atomic E-state index is 12.8. The molecule has 0 fully saturated rings. The van der Waals surface area contributed by atoms with Crippen molar-refractivity contribution in [3.63, 3.8) is 0 Å². The van der Waals surface area contributed by atoms with Gasteiger partial charge in [-0.05, 0) is 44.2 Å². The number of aliphatic hydroxyl groups is 1. The number of nitrogens with one attached hydrogen (secondary N) is 2. The summed E-state index contributed by atoms with van der Waals surface area (Å²) in [7, 11) is 2.56. The Morgan fingerprint density at radius 3 is 2.24 bits per heavy atom. The first-order valence-corrected chi connectivity index (χ1v) is 12.5. The number of carbonyl (C=O) groups is 2. The van der Waals surface area contributed by atoms with Crippen molar-refractivity contribution in [2.45, 2.75) is 25.9 Å². The summed E-state index contributed by atoms with van der Waals surface area (Å²) < 4.78 is 21.7. The smallest absolute Gasteiger partial charge is 0.336 e. The van der Waals surface area contributed by atoms with Crippen molar-refractivity contribution in [1.82, 2.24) is 10.6 Å². The maximum Gasteiger partial charge on any atom is 0.336 e. The van der Waals surface area contributed by atoms with Gasteiger partial charge >= 0.3 is 11.9 Å². The number of esters is 2. The molecule has 1 heterocycles. The number of para-hydroxylation sites is 1. The highest BCUT2D eigenvalue weighted by atomic mass is 35.5. The van der Waals surface area contributed by atoms with Gasteiger partial charge < -0.3 is 34.7 Å². The molecule has 1 unspecified atom stereocenters. The summed E-state index contributed by atoms with van der Waals surface area (Å²) in [6.45, 7) is 4.60. The van der Waals surface area contributed by atoms with E-state index in [-0.39, 0.29) is 24.4 Å². The Labute approximate surface area is 227 Å². The quantitative estimate of drug-likeness (QED) is 0.273. The normalized spacial score (nSPS) is 14.6. The number of benzene rings is 2. The van der Waals surface area contributed by atoms with E-state index in [1.165, 1.54) is 14.2 Å². The van der Waals surface area contributed by atoms with Crippen LogP contribution in [-0.4, -0.2) is 63.7 Å². The van der Waals surface area contributed by atoms with Gasteiger partial charge in [-0.2, -0.15) is 0 Å². The van der Waals surface area contributed by atoms with Crippen LogP contribution in [0, 0.1) is 0 Å². The van der Waals surface area contributed by atoms with Crippen LogP contribution in [0.25, 0.3) is 0 Å². The van der Waals surface area contributed by atoms with Crippen LogP contribution in [0.4, 0.5) is 0 Å². The van der Waals surface area contributed by atoms with Crippen molar-refractivity contribution in [2.24, 2.45) is 0 Å². The minimum atomic E-state index is -0.824. The monoisotopic (exact) mass is 544 g/mol. The summed E-state index contributed by atoms with van der Waals surface area (Å²) in [5.41, 5.74) is 2.13. The van der Waals surface area contributed by atoms with Crippen molar-refractivity contribution in [1.29, 1.82) is 0 Å². The summed E-state index contributed by atoms with van der Waals surface area (Å²) in [5, 5.41) is 16.8. The van der Waals surface area contributed by atoms with Gasteiger partial charge in [0.2, 0.25) is 0 Å². The first kappa shape index (κ1) is 29.0. The van der Waals surface area contributed by atoms with Crippen molar-refractivity contribution in [3.05, 3.63) is 81.7 Å². The molecule has 0 bridgehead atoms. The molecule has 204 valence electrons. The second-order valence-electron chi connectivity index (χ2n) is 8.63. The van der Waals surface area contributed by atoms with E-state index in [9.17, 15) is 14.7 Å². The predicted molar refractivity (Wildman–Crippen MR) is 143 cm³/mol. The molecule has 0 spiro atoms. The van der Waals surface area contributed by atoms with Crippen LogP contribution in [0.15, 0.2) is 71.1 Å². The molecule has 0 amide bonds. The molecular formula is C28H33ClN2O7. The zero-order valence-electron chi connectivity index (χ0n) is 21.9. The fourth-order valence-electron chi connectivity index (χ4n) is 4.21. The van der Waals surface area contributed by atoms with Gasteiger partial charge in [0.1, 0.15) is 30.8 Å². The third-order valence-corrected chi connectivity index (χ3v) is 6.19. The van der Waals surface area contributed by atoms with E-state index in [0.717, 1.165) is 0 Å². The predicted octanol–water partition coefficient (Wildman–Crippen LogP) is 3.33. The van der Waals surface area contributed by atoms with Crippen molar-refractivity contribution < 1.29 is 33.6 Å². The molecule has 9 nitrogen and oxygen atoms in total. The van der Waals surface area contributed by atoms with Crippen molar-refractivity contribution >= 4 is 23.5 Å². The van der Waals surface area contributed by atoms with E-state index >= 15 is 0 Å². The Kier molecular flexibility index (Phi) is 10.6. The van der Waals surface area contributed by atoms with Gasteiger partial charge in [0.25, 0.3) is 0 Å². The Morgan fingerprint density at radius 2 is 1.63 bits per heavy atom. The molecule has 2 aromatic rings. The SMILES string of the molecule is COC(=O)C1=C(C)NC(C)=C(C(=O)OC)C1c1cc(Cl)ccc1OCCNCC(O)COc1ccccc1. The number of dihydropyridines is 1. The third kappa shape index (κ3) is 7.28. The van der Waals surface area contributed by atoms with Gasteiger partial charge in [0.15, 0.2) is 0 Å². The Morgan fingerprint density at radius 1 is 1.00 bits per heavy atom. The van der Waals surface area contributed by atoms with Gasteiger partial charge in [-0.1, -0.05) is 29.8 Å². The molecular weight excluding hydrogens is 512 g/mol. The highest BCUT2D eigenvalue weighted by molar-refractivity contribution is 6.30. The maximum absolute atomic E-state index is 12.8. The van der Waals surface area contributed by atoms with E-state index in [0.29, 0.717) is 46.6 Å². The Balaban J connectivity index is 1.72. The molecule has 3 rings (SSSR count). The van der Waals surface area contributed by atoms with E-state index in [4.69, 9.17) is 30.5 Å². The van der Waals surface area contributed by atoms with Crippen molar-refractivity contribution in [2.75, 3.05) is 40.5 Å². The number of allylic oxidation sites excluding steroid dienone is 2. The molecule has 10 heteroatoms. The van der Waals surface area contributed by atoms with E-state index in [2.05, 4.69) is 10.6 Å². The third-order valence-electron chi connectivity index (χ3n) is 5.96. The molecule has 2 aromatic carbocycles. The Hall–Kier alpha value is -3.53. The van der Waals surface area contributed by atoms with E-state index in [1.807, 2.05) is 30.3 Å². The lowest BCUT2D eigenvalue weighted by atomic mass is 9.80. The standard InChI is InChI=1S/C28H33ClN2O7/c1-17-24(27(33)35-3)26(25(18(2)31-17)28(34)36-4)22-14-19(29)10-11-23(22)37-13-12-30-15-20(32)16-38-21-8-6-5-7-9-21/h5-11,14,20,26,30-32H,12-13,15-16H2,1-4H3. The van der Waals surface area contributed by atoms with Crippen LogP contribution < -0.4 is 20.1 Å². The molecule has 0 radical (unpaired) electrons. The average molecular weight is 545 g/mol. The Bertz CT molecular complexity index is 1160. The molecule has 3 N–H and O–H groups in total. The molecule has 0 saturated heterocycles. The zero-order valence-corrected chi connectivity index (χ0v) is 22.6. The fraction of sp³-hybridized carbons (Fsp3) is 0.357. The van der Waals surface area contributed by atoms with Crippen LogP contribution in [0.2, 0.25) is 5.02 Å². The zero-order chi connectivity index (χ0) is 27.7. The van der Waals surface area contributed by atoms with Crippen LogP contribution >= 0.6 is 11.6 Å². The summed E-state index contributed by atoms with van der Waals surface area (Å²) in [4.78, 5) is 25.6. The van der Waals surface area contributed by atoms with Gasteiger partial charge in [0, 0.05) is 35.1 Å². The first-order valence-electron chi connectivity index (χ1n) is 12.1. The highest BCUT2D eigenvalue weighted by Crippen LogP contribution is 2.43. The van der Waals surface area contributed by atoms with Gasteiger partial charge in [-0.25, -0.2) is 9.59 Å². The molecule has 0 aliphatic carbocycles. The largest absolute Gasteiger partial charge is 0.492 e. The molecule has 0 aromatic heterocycles. The number of ether oxygens (including phenoxy) is 4. The summed E-state index contributed by atoms with van der Waals surface area (Å²) in [6.07, 6.45) is -0.706. The summed E-state index contributed by atoms with van der Waals surface area (Å²) in [5.74, 6) is -0.870. The highest BCUT2D eigenvalue weighted by Gasteiger charge is 2.39. The number of carbonyl (C=O) groups excluding carboxylic acids is 2. The molecule has 1 aliphatic heterocycles. The number of hydrogen-bond acceptors (Lipinski definition) is 9. The van der Waals surface area contributed by atoms with Crippen LogP contribution in [0.5, 0.6) is 11.5 Å². The second-order valence-corrected chi connectivity index (χ2v) is 9.07. The molecule has 1 atom stereocenters. The average Bonchev–Trinajstić information content (AvgIpc) is 2.91. The lowest BCUT2D eigenvalue weighted by Crippen LogP contribution is -2.34. The lowest BCUT2D eigenvalue weighted by molar-refractivity contribution is -0.137. The molecule has 1 aliphatic rings. The van der Waals surface area contributed by atoms with Gasteiger partial charge in [0.05, 0.1) is 31.3 Å². The van der Waals surface area contributed by atoms with Gasteiger partial charge in [-0.15, -0.1) is 0 Å². The van der Waals surface area contributed by atoms with E-state index < -0.39 is 24.0 Å².